The molecule has 0 aromatic carbocycles. The third kappa shape index (κ3) is 5.26. The largest absolute Gasteiger partial charge is 0.481 e. The number of aliphatic carboxylic acids is 1. The highest BCUT2D eigenvalue weighted by Gasteiger charge is 2.17. The van der Waals surface area contributed by atoms with E-state index >= 15 is 0 Å². The molecule has 1 aromatic heterocycles. The summed E-state index contributed by atoms with van der Waals surface area (Å²) in [4.78, 5) is 36.8. The van der Waals surface area contributed by atoms with Crippen LogP contribution >= 0.6 is 0 Å². The van der Waals surface area contributed by atoms with Crippen LogP contribution < -0.4 is 10.7 Å². The van der Waals surface area contributed by atoms with Gasteiger partial charge in [-0.2, -0.15) is 0 Å². The molecular weight excluding hydrogens is 260 g/mol. The number of rotatable bonds is 7. The van der Waals surface area contributed by atoms with E-state index in [1.54, 1.807) is 0 Å². The number of amides is 1. The van der Waals surface area contributed by atoms with E-state index in [9.17, 15) is 14.4 Å². The molecule has 6 nitrogen and oxygen atoms in total. The lowest BCUT2D eigenvalue weighted by Gasteiger charge is -2.17. The van der Waals surface area contributed by atoms with E-state index in [1.165, 1.54) is 18.5 Å². The Morgan fingerprint density at radius 3 is 2.65 bits per heavy atom. The van der Waals surface area contributed by atoms with Crippen LogP contribution in [0.4, 0.5) is 0 Å². The summed E-state index contributed by atoms with van der Waals surface area (Å²) < 4.78 is 0. The van der Waals surface area contributed by atoms with Crippen LogP contribution in [0.15, 0.2) is 23.3 Å². The Morgan fingerprint density at radius 1 is 1.40 bits per heavy atom. The molecule has 110 valence electrons. The van der Waals surface area contributed by atoms with Crippen LogP contribution in [0, 0.1) is 11.8 Å². The molecule has 0 unspecified atom stereocenters. The van der Waals surface area contributed by atoms with Gasteiger partial charge in [-0.3, -0.25) is 14.4 Å². The second-order valence-corrected chi connectivity index (χ2v) is 5.23. The van der Waals surface area contributed by atoms with Crippen LogP contribution in [0.1, 0.15) is 37.0 Å². The van der Waals surface area contributed by atoms with Gasteiger partial charge in [-0.25, -0.2) is 0 Å². The number of aromatic nitrogens is 1. The van der Waals surface area contributed by atoms with E-state index in [2.05, 4.69) is 10.3 Å². The van der Waals surface area contributed by atoms with Gasteiger partial charge in [-0.05, 0) is 18.3 Å². The van der Waals surface area contributed by atoms with Gasteiger partial charge < -0.3 is 15.4 Å². The van der Waals surface area contributed by atoms with Crippen molar-refractivity contribution in [3.05, 3.63) is 34.2 Å². The fourth-order valence-electron chi connectivity index (χ4n) is 2.08. The number of aromatic amines is 1. The number of carbonyl (C=O) groups is 2. The van der Waals surface area contributed by atoms with Gasteiger partial charge in [0.05, 0.1) is 0 Å². The Labute approximate surface area is 117 Å². The lowest BCUT2D eigenvalue weighted by Crippen LogP contribution is -2.33. The second-order valence-electron chi connectivity index (χ2n) is 5.23. The zero-order valence-electron chi connectivity index (χ0n) is 11.7. The lowest BCUT2D eigenvalue weighted by molar-refractivity contribution is -0.138. The fraction of sp³-hybridized carbons (Fsp3) is 0.500. The van der Waals surface area contributed by atoms with Crippen molar-refractivity contribution in [2.75, 3.05) is 6.54 Å². The van der Waals surface area contributed by atoms with Crippen molar-refractivity contribution >= 4 is 11.9 Å². The Kier molecular flexibility index (Phi) is 5.96. The number of hydrogen-bond donors (Lipinski definition) is 3. The molecule has 20 heavy (non-hydrogen) atoms. The maximum absolute atomic E-state index is 11.9. The maximum atomic E-state index is 11.9. The fourth-order valence-corrected chi connectivity index (χ4v) is 2.08. The van der Waals surface area contributed by atoms with Gasteiger partial charge in [0.25, 0.3) is 5.91 Å². The van der Waals surface area contributed by atoms with Gasteiger partial charge in [0, 0.05) is 31.4 Å². The number of carbonyl (C=O) groups excluding carboxylic acids is 1. The van der Waals surface area contributed by atoms with Crippen molar-refractivity contribution in [2.24, 2.45) is 11.8 Å². The topological polar surface area (TPSA) is 99.3 Å². The Balaban J connectivity index is 2.62. The zero-order valence-corrected chi connectivity index (χ0v) is 11.7. The van der Waals surface area contributed by atoms with Crippen LogP contribution in [-0.4, -0.2) is 28.5 Å². The van der Waals surface area contributed by atoms with Crippen molar-refractivity contribution in [1.29, 1.82) is 0 Å². The summed E-state index contributed by atoms with van der Waals surface area (Å²) in [7, 11) is 0. The number of carboxylic acid groups (broad SMARTS) is 1. The molecule has 0 radical (unpaired) electrons. The van der Waals surface area contributed by atoms with Crippen molar-refractivity contribution in [3.8, 4) is 0 Å². The first-order chi connectivity index (χ1) is 9.40. The number of nitrogens with one attached hydrogen (secondary N) is 2. The van der Waals surface area contributed by atoms with Crippen molar-refractivity contribution < 1.29 is 14.7 Å². The Morgan fingerprint density at radius 2 is 2.10 bits per heavy atom. The summed E-state index contributed by atoms with van der Waals surface area (Å²) in [6.07, 6.45) is 3.50. The highest BCUT2D eigenvalue weighted by Crippen LogP contribution is 2.14. The van der Waals surface area contributed by atoms with Crippen LogP contribution in [0.25, 0.3) is 0 Å². The summed E-state index contributed by atoms with van der Waals surface area (Å²) in [5.41, 5.74) is -0.328. The third-order valence-electron chi connectivity index (χ3n) is 2.89. The van der Waals surface area contributed by atoms with Gasteiger partial charge in [0.1, 0.15) is 5.56 Å². The molecule has 1 atom stereocenters. The monoisotopic (exact) mass is 280 g/mol. The SMILES string of the molecule is CC(C)C[C@H](CNC(=O)c1c[nH]ccc1=O)CC(=O)O. The summed E-state index contributed by atoms with van der Waals surface area (Å²) >= 11 is 0. The van der Waals surface area contributed by atoms with Crippen LogP contribution in [-0.2, 0) is 4.79 Å². The van der Waals surface area contributed by atoms with Gasteiger partial charge in [0.15, 0.2) is 5.43 Å². The molecule has 0 saturated carbocycles. The van der Waals surface area contributed by atoms with Gasteiger partial charge in [0.2, 0.25) is 0 Å². The number of carboxylic acids is 1. The molecule has 1 amide bonds. The van der Waals surface area contributed by atoms with Gasteiger partial charge in [-0.15, -0.1) is 0 Å². The first-order valence-electron chi connectivity index (χ1n) is 6.57. The quantitative estimate of drug-likeness (QED) is 0.699. The van der Waals surface area contributed by atoms with Gasteiger partial charge >= 0.3 is 5.97 Å². The Bertz CT molecular complexity index is 522. The second kappa shape index (κ2) is 7.47. The minimum Gasteiger partial charge on any atom is -0.481 e. The predicted octanol–water partition coefficient (Wildman–Crippen LogP) is 1.24. The minimum absolute atomic E-state index is 0.00358. The summed E-state index contributed by atoms with van der Waals surface area (Å²) in [6, 6.07) is 1.28. The summed E-state index contributed by atoms with van der Waals surface area (Å²) in [6.45, 7) is 4.24. The summed E-state index contributed by atoms with van der Waals surface area (Å²) in [5, 5.41) is 11.5. The molecular formula is C14H20N2O4. The molecule has 0 aliphatic rings. The number of pyridine rings is 1. The molecule has 1 rings (SSSR count). The molecule has 0 saturated heterocycles. The van der Waals surface area contributed by atoms with E-state index in [0.717, 1.165) is 0 Å². The maximum Gasteiger partial charge on any atom is 0.303 e. The first kappa shape index (κ1) is 15.9. The van der Waals surface area contributed by atoms with E-state index in [4.69, 9.17) is 5.11 Å². The molecule has 6 heteroatoms. The highest BCUT2D eigenvalue weighted by molar-refractivity contribution is 5.93. The first-order valence-corrected chi connectivity index (χ1v) is 6.57. The molecule has 0 aliphatic carbocycles. The molecule has 1 aromatic rings. The van der Waals surface area contributed by atoms with Crippen LogP contribution in [0.5, 0.6) is 0 Å². The van der Waals surface area contributed by atoms with Crippen LogP contribution in [0.2, 0.25) is 0 Å². The van der Waals surface area contributed by atoms with Gasteiger partial charge in [-0.1, -0.05) is 13.8 Å². The molecule has 0 aliphatic heterocycles. The molecule has 1 heterocycles. The number of H-pyrrole nitrogens is 1. The van der Waals surface area contributed by atoms with E-state index in [-0.39, 0.29) is 29.9 Å². The normalized spacial score (nSPS) is 12.2. The smallest absolute Gasteiger partial charge is 0.303 e. The lowest BCUT2D eigenvalue weighted by atomic mass is 9.94. The molecule has 0 fully saturated rings. The minimum atomic E-state index is -0.887. The molecule has 3 N–H and O–H groups in total. The highest BCUT2D eigenvalue weighted by atomic mass is 16.4. The Hall–Kier alpha value is -2.11. The zero-order chi connectivity index (χ0) is 15.1. The third-order valence-corrected chi connectivity index (χ3v) is 2.89. The van der Waals surface area contributed by atoms with Crippen molar-refractivity contribution in [2.45, 2.75) is 26.7 Å². The summed E-state index contributed by atoms with van der Waals surface area (Å²) in [5.74, 6) is -1.16. The van der Waals surface area contributed by atoms with E-state index in [0.29, 0.717) is 12.3 Å². The van der Waals surface area contributed by atoms with E-state index in [1.807, 2.05) is 13.8 Å². The van der Waals surface area contributed by atoms with Crippen molar-refractivity contribution in [1.82, 2.24) is 10.3 Å². The van der Waals surface area contributed by atoms with Crippen molar-refractivity contribution in [3.63, 3.8) is 0 Å². The number of hydrogen-bond acceptors (Lipinski definition) is 3. The van der Waals surface area contributed by atoms with Crippen LogP contribution in [0.3, 0.4) is 0 Å². The van der Waals surface area contributed by atoms with E-state index < -0.39 is 11.9 Å². The predicted molar refractivity (Wildman–Crippen MR) is 74.6 cm³/mol. The molecule has 0 spiro atoms. The standard InChI is InChI=1S/C14H20N2O4/c1-9(2)5-10(6-13(18)19)7-16-14(20)11-8-15-4-3-12(11)17/h3-4,8-10H,5-7H2,1-2H3,(H,15,17)(H,16,20)(H,18,19)/t10-/m0/s1. The average molecular weight is 280 g/mol. The molecule has 0 bridgehead atoms. The average Bonchev–Trinajstić information content (AvgIpc) is 2.34.